The Balaban J connectivity index is 0.00000420. The molecule has 0 saturated heterocycles. The third kappa shape index (κ3) is 6.72. The second-order valence-electron chi connectivity index (χ2n) is 8.10. The van der Waals surface area contributed by atoms with Crippen LogP contribution in [0, 0.1) is 6.92 Å². The fourth-order valence-electron chi connectivity index (χ4n) is 3.79. The largest absolute Gasteiger partial charge is 1.00 e. The SMILES string of the molecule is CCOc1cccc(NC(=O)c2cc3ccccc3c(N=Nc3cc(C)cc(Cl)c3S(=O)(=O)O)c2[O-])c1Cl.[Na+]. The maximum atomic E-state index is 13.4. The van der Waals surface area contributed by atoms with Gasteiger partial charge in [-0.15, -0.1) is 5.11 Å². The number of carbonyl (C=O) groups is 1. The number of benzene rings is 4. The van der Waals surface area contributed by atoms with Gasteiger partial charge in [0.25, 0.3) is 16.0 Å². The first-order valence-corrected chi connectivity index (χ1v) is 13.4. The predicted molar refractivity (Wildman–Crippen MR) is 144 cm³/mol. The van der Waals surface area contributed by atoms with Crippen LogP contribution >= 0.6 is 23.2 Å². The van der Waals surface area contributed by atoms with Gasteiger partial charge in [0, 0.05) is 10.9 Å². The number of hydrogen-bond donors (Lipinski definition) is 2. The Kier molecular flexibility index (Phi) is 10.0. The molecular formula is C26H20Cl2N3NaO6S. The summed E-state index contributed by atoms with van der Waals surface area (Å²) in [6.07, 6.45) is 0. The minimum atomic E-state index is -4.76. The van der Waals surface area contributed by atoms with Gasteiger partial charge in [-0.1, -0.05) is 59.3 Å². The van der Waals surface area contributed by atoms with Crippen molar-refractivity contribution in [3.05, 3.63) is 81.8 Å². The van der Waals surface area contributed by atoms with Gasteiger partial charge in [-0.2, -0.15) is 13.5 Å². The van der Waals surface area contributed by atoms with Crippen LogP contribution in [0.2, 0.25) is 10.0 Å². The fraction of sp³-hybridized carbons (Fsp3) is 0.115. The van der Waals surface area contributed by atoms with Crippen molar-refractivity contribution >= 4 is 67.1 Å². The van der Waals surface area contributed by atoms with E-state index in [1.807, 2.05) is 0 Å². The average molecular weight is 596 g/mol. The Morgan fingerprint density at radius 3 is 2.49 bits per heavy atom. The van der Waals surface area contributed by atoms with Crippen molar-refractivity contribution in [1.82, 2.24) is 0 Å². The summed E-state index contributed by atoms with van der Waals surface area (Å²) in [5.41, 5.74) is 0.0675. The normalized spacial score (nSPS) is 11.4. The van der Waals surface area contributed by atoms with Gasteiger partial charge >= 0.3 is 29.6 Å². The molecule has 0 radical (unpaired) electrons. The molecular weight excluding hydrogens is 576 g/mol. The van der Waals surface area contributed by atoms with E-state index >= 15 is 0 Å². The summed E-state index contributed by atoms with van der Waals surface area (Å²) in [4.78, 5) is 12.5. The number of nitrogens with zero attached hydrogens (tertiary/aromatic N) is 2. The van der Waals surface area contributed by atoms with Crippen LogP contribution in [0.3, 0.4) is 0 Å². The van der Waals surface area contributed by atoms with Crippen LogP contribution in [0.5, 0.6) is 11.5 Å². The molecule has 0 fully saturated rings. The smallest absolute Gasteiger partial charge is 0.870 e. The van der Waals surface area contributed by atoms with E-state index in [1.54, 1.807) is 56.3 Å². The Labute approximate surface area is 256 Å². The zero-order valence-electron chi connectivity index (χ0n) is 21.0. The zero-order valence-corrected chi connectivity index (χ0v) is 25.4. The number of anilines is 1. The van der Waals surface area contributed by atoms with Gasteiger partial charge in [0.05, 0.1) is 23.0 Å². The standard InChI is InChI=1S/C26H21Cl2N3O6S.Na/c1-3-37-21-10-6-9-19(22(21)28)29-26(33)17-13-15-7-4-5-8-16(15)23(24(17)32)31-30-20-12-14(2)11-18(27)25(20)38(34,35)36;/h4-13,32H,3H2,1-2H3,(H,29,33)(H,34,35,36);/q;+1/p-1. The molecule has 0 aromatic heterocycles. The summed E-state index contributed by atoms with van der Waals surface area (Å²) in [5, 5.41) is 24.8. The molecule has 4 rings (SSSR count). The van der Waals surface area contributed by atoms with Crippen LogP contribution in [-0.4, -0.2) is 25.5 Å². The molecule has 9 nitrogen and oxygen atoms in total. The van der Waals surface area contributed by atoms with E-state index in [0.29, 0.717) is 28.7 Å². The summed E-state index contributed by atoms with van der Waals surface area (Å²) >= 11 is 12.4. The second-order valence-corrected chi connectivity index (χ2v) is 10.2. The van der Waals surface area contributed by atoms with Gasteiger partial charge in [0.2, 0.25) is 0 Å². The minimum absolute atomic E-state index is 0. The van der Waals surface area contributed by atoms with Crippen molar-refractivity contribution in [1.29, 1.82) is 0 Å². The molecule has 0 saturated carbocycles. The monoisotopic (exact) mass is 595 g/mol. The molecule has 1 amide bonds. The van der Waals surface area contributed by atoms with Crippen LogP contribution in [-0.2, 0) is 10.1 Å². The van der Waals surface area contributed by atoms with E-state index in [2.05, 4.69) is 15.5 Å². The Bertz CT molecular complexity index is 1710. The number of rotatable bonds is 7. The van der Waals surface area contributed by atoms with Crippen molar-refractivity contribution in [2.24, 2.45) is 10.2 Å². The molecule has 13 heteroatoms. The van der Waals surface area contributed by atoms with Gasteiger partial charge in [0.15, 0.2) is 0 Å². The van der Waals surface area contributed by atoms with Crippen molar-refractivity contribution in [3.8, 4) is 11.5 Å². The topological polar surface area (TPSA) is 140 Å². The fourth-order valence-corrected chi connectivity index (χ4v) is 5.24. The maximum Gasteiger partial charge on any atom is 1.00 e. The average Bonchev–Trinajstić information content (AvgIpc) is 2.84. The third-order valence-corrected chi connectivity index (χ3v) is 7.16. The molecule has 0 heterocycles. The van der Waals surface area contributed by atoms with Gasteiger partial charge in [-0.25, -0.2) is 0 Å². The quantitative estimate of drug-likeness (QED) is 0.189. The predicted octanol–water partition coefficient (Wildman–Crippen LogP) is 3.85. The number of aryl methyl sites for hydroxylation is 1. The Morgan fingerprint density at radius 1 is 1.08 bits per heavy atom. The summed E-state index contributed by atoms with van der Waals surface area (Å²) < 4.78 is 38.9. The van der Waals surface area contributed by atoms with E-state index in [4.69, 9.17) is 27.9 Å². The number of azo groups is 1. The number of hydrogen-bond acceptors (Lipinski definition) is 7. The van der Waals surface area contributed by atoms with Crippen LogP contribution in [0.15, 0.2) is 75.8 Å². The maximum absolute atomic E-state index is 13.4. The van der Waals surface area contributed by atoms with E-state index in [1.165, 1.54) is 18.2 Å². The first kappa shape index (κ1) is 30.8. The summed E-state index contributed by atoms with van der Waals surface area (Å²) in [6, 6.07) is 15.6. The zero-order chi connectivity index (χ0) is 27.6. The van der Waals surface area contributed by atoms with Crippen molar-refractivity contribution in [2.45, 2.75) is 18.7 Å². The van der Waals surface area contributed by atoms with Crippen molar-refractivity contribution in [3.63, 3.8) is 0 Å². The molecule has 0 bridgehead atoms. The van der Waals surface area contributed by atoms with Gasteiger partial charge < -0.3 is 15.2 Å². The molecule has 2 N–H and O–H groups in total. The molecule has 196 valence electrons. The van der Waals surface area contributed by atoms with Gasteiger partial charge in [-0.3, -0.25) is 9.35 Å². The molecule has 0 aliphatic carbocycles. The molecule has 39 heavy (non-hydrogen) atoms. The first-order valence-electron chi connectivity index (χ1n) is 11.2. The van der Waals surface area contributed by atoms with E-state index in [-0.39, 0.29) is 62.2 Å². The van der Waals surface area contributed by atoms with Crippen LogP contribution in [0.25, 0.3) is 10.8 Å². The van der Waals surface area contributed by atoms with E-state index < -0.39 is 26.7 Å². The van der Waals surface area contributed by atoms with Crippen LogP contribution in [0.4, 0.5) is 17.1 Å². The molecule has 0 aliphatic rings. The van der Waals surface area contributed by atoms with Crippen molar-refractivity contribution < 1.29 is 57.2 Å². The van der Waals surface area contributed by atoms with Crippen molar-refractivity contribution in [2.75, 3.05) is 11.9 Å². The number of amides is 1. The number of halogens is 2. The number of ether oxygens (including phenoxy) is 1. The Hall–Kier alpha value is -2.70. The number of nitrogens with one attached hydrogen (secondary N) is 1. The van der Waals surface area contributed by atoms with Crippen LogP contribution in [0.1, 0.15) is 22.8 Å². The van der Waals surface area contributed by atoms with Gasteiger partial charge in [-0.05, 0) is 55.1 Å². The summed E-state index contributed by atoms with van der Waals surface area (Å²) in [5.74, 6) is -1.13. The molecule has 4 aromatic rings. The molecule has 0 atom stereocenters. The second kappa shape index (κ2) is 12.6. The third-order valence-electron chi connectivity index (χ3n) is 5.42. The Morgan fingerprint density at radius 2 is 1.79 bits per heavy atom. The minimum Gasteiger partial charge on any atom is -0.870 e. The number of fused-ring (bicyclic) bond motifs is 1. The van der Waals surface area contributed by atoms with Gasteiger partial charge in [0.1, 0.15) is 21.4 Å². The number of carbonyl (C=O) groups excluding carboxylic acids is 1. The molecule has 0 spiro atoms. The molecule has 0 unspecified atom stereocenters. The van der Waals surface area contributed by atoms with Crippen LogP contribution < -0.4 is 44.7 Å². The van der Waals surface area contributed by atoms with E-state index in [0.717, 1.165) is 0 Å². The first-order chi connectivity index (χ1) is 18.0. The van der Waals surface area contributed by atoms with E-state index in [9.17, 15) is 22.9 Å². The summed E-state index contributed by atoms with van der Waals surface area (Å²) in [7, 11) is -4.76. The molecule has 4 aromatic carbocycles. The molecule has 0 aliphatic heterocycles. The summed E-state index contributed by atoms with van der Waals surface area (Å²) in [6.45, 7) is 3.80.